The molecule has 0 saturated carbocycles. The fourth-order valence-electron chi connectivity index (χ4n) is 2.51. The molecule has 0 radical (unpaired) electrons. The first-order valence-corrected chi connectivity index (χ1v) is 8.21. The fourth-order valence-corrected chi connectivity index (χ4v) is 2.51. The van der Waals surface area contributed by atoms with E-state index in [1.807, 2.05) is 0 Å². The second kappa shape index (κ2) is 9.82. The topological polar surface area (TPSA) is 67.4 Å². The molecule has 0 spiro atoms. The molecule has 1 aromatic rings. The van der Waals surface area contributed by atoms with E-state index < -0.39 is 0 Å². The van der Waals surface area contributed by atoms with Crippen LogP contribution >= 0.6 is 0 Å². The van der Waals surface area contributed by atoms with Crippen LogP contribution < -0.4 is 10.6 Å². The summed E-state index contributed by atoms with van der Waals surface area (Å²) in [5.74, 6) is -0.993. The number of allylic oxidation sites excluding steroid dienone is 1. The van der Waals surface area contributed by atoms with Gasteiger partial charge in [0.05, 0.1) is 0 Å². The van der Waals surface area contributed by atoms with Crippen molar-refractivity contribution in [2.45, 2.75) is 32.1 Å². The van der Waals surface area contributed by atoms with E-state index in [0.717, 1.165) is 19.3 Å². The Kier molecular flexibility index (Phi) is 7.42. The first-order valence-electron chi connectivity index (χ1n) is 8.21. The standard InChI is InChI=1S/C18H23FN2O3/c19-15-6-8-16(9-7-15)21-18(23)13-24-12-17(22)20-11-10-14-4-2-1-3-5-14/h4,6-9H,1-3,5,10-13H2,(H,20,22)(H,21,23). The molecule has 0 fully saturated rings. The van der Waals surface area contributed by atoms with E-state index in [0.29, 0.717) is 12.2 Å². The van der Waals surface area contributed by atoms with Gasteiger partial charge in [0.2, 0.25) is 11.8 Å². The molecule has 0 aliphatic heterocycles. The Labute approximate surface area is 141 Å². The Morgan fingerprint density at radius 1 is 1.08 bits per heavy atom. The number of ether oxygens (including phenoxy) is 1. The minimum atomic E-state index is -0.387. The zero-order chi connectivity index (χ0) is 17.2. The van der Waals surface area contributed by atoms with Crippen LogP contribution in [0.1, 0.15) is 32.1 Å². The van der Waals surface area contributed by atoms with Crippen molar-refractivity contribution in [3.05, 3.63) is 41.7 Å². The molecule has 2 N–H and O–H groups in total. The zero-order valence-corrected chi connectivity index (χ0v) is 13.6. The average Bonchev–Trinajstić information content (AvgIpc) is 2.58. The Balaban J connectivity index is 1.55. The van der Waals surface area contributed by atoms with Crippen LogP contribution in [-0.4, -0.2) is 31.6 Å². The van der Waals surface area contributed by atoms with E-state index in [4.69, 9.17) is 4.74 Å². The quantitative estimate of drug-likeness (QED) is 0.718. The van der Waals surface area contributed by atoms with Crippen LogP contribution in [0.15, 0.2) is 35.9 Å². The van der Waals surface area contributed by atoms with Crippen LogP contribution in [-0.2, 0) is 14.3 Å². The van der Waals surface area contributed by atoms with Crippen LogP contribution in [0.2, 0.25) is 0 Å². The highest BCUT2D eigenvalue weighted by Gasteiger charge is 2.07. The number of anilines is 1. The number of halogens is 1. The third kappa shape index (κ3) is 6.91. The summed E-state index contributed by atoms with van der Waals surface area (Å²) >= 11 is 0. The van der Waals surface area contributed by atoms with E-state index in [2.05, 4.69) is 16.7 Å². The maximum atomic E-state index is 12.8. The first-order chi connectivity index (χ1) is 11.6. The third-order valence-corrected chi connectivity index (χ3v) is 3.75. The Morgan fingerprint density at radius 2 is 1.83 bits per heavy atom. The van der Waals surface area contributed by atoms with Gasteiger partial charge in [0.25, 0.3) is 0 Å². The molecule has 0 unspecified atom stereocenters. The van der Waals surface area contributed by atoms with Crippen LogP contribution in [0, 0.1) is 5.82 Å². The van der Waals surface area contributed by atoms with Gasteiger partial charge in [-0.15, -0.1) is 0 Å². The van der Waals surface area contributed by atoms with Gasteiger partial charge in [0.15, 0.2) is 0 Å². The summed E-state index contributed by atoms with van der Waals surface area (Å²) in [6.07, 6.45) is 7.87. The number of rotatable bonds is 8. The van der Waals surface area contributed by atoms with Crippen molar-refractivity contribution in [1.29, 1.82) is 0 Å². The molecule has 5 nitrogen and oxygen atoms in total. The lowest BCUT2D eigenvalue weighted by molar-refractivity contribution is -0.128. The predicted molar refractivity (Wildman–Crippen MR) is 90.0 cm³/mol. The highest BCUT2D eigenvalue weighted by Crippen LogP contribution is 2.19. The van der Waals surface area contributed by atoms with Crippen LogP contribution in [0.3, 0.4) is 0 Å². The minimum absolute atomic E-state index is 0.157. The molecule has 1 aromatic carbocycles. The normalized spacial score (nSPS) is 14.0. The summed E-state index contributed by atoms with van der Waals surface area (Å²) in [7, 11) is 0. The molecular weight excluding hydrogens is 311 g/mol. The third-order valence-electron chi connectivity index (χ3n) is 3.75. The van der Waals surface area contributed by atoms with Crippen LogP contribution in [0.4, 0.5) is 10.1 Å². The van der Waals surface area contributed by atoms with Gasteiger partial charge in [-0.1, -0.05) is 11.6 Å². The molecule has 1 aliphatic carbocycles. The molecule has 6 heteroatoms. The summed E-state index contributed by atoms with van der Waals surface area (Å²) in [6.45, 7) is 0.210. The number of carbonyl (C=O) groups is 2. The predicted octanol–water partition coefficient (Wildman–Crippen LogP) is 2.79. The SMILES string of the molecule is O=C(COCC(=O)Nc1ccc(F)cc1)NCCC1=CCCCC1. The first kappa shape index (κ1) is 18.1. The van der Waals surface area contributed by atoms with E-state index in [1.165, 1.54) is 42.7 Å². The molecule has 2 rings (SSSR count). The number of hydrogen-bond donors (Lipinski definition) is 2. The summed E-state index contributed by atoms with van der Waals surface area (Å²) < 4.78 is 17.8. The Hall–Kier alpha value is -2.21. The molecule has 0 heterocycles. The lowest BCUT2D eigenvalue weighted by Crippen LogP contribution is -2.30. The molecule has 130 valence electrons. The monoisotopic (exact) mass is 334 g/mol. The number of carbonyl (C=O) groups excluding carboxylic acids is 2. The summed E-state index contributed by atoms with van der Waals surface area (Å²) in [6, 6.07) is 5.43. The lowest BCUT2D eigenvalue weighted by atomic mass is 9.97. The highest BCUT2D eigenvalue weighted by molar-refractivity contribution is 5.91. The lowest BCUT2D eigenvalue weighted by Gasteiger charge is -2.13. The number of hydrogen-bond acceptors (Lipinski definition) is 3. The van der Waals surface area contributed by atoms with E-state index >= 15 is 0 Å². The second-order valence-electron chi connectivity index (χ2n) is 5.76. The van der Waals surface area contributed by atoms with Gasteiger partial charge in [0, 0.05) is 12.2 Å². The molecule has 0 aromatic heterocycles. The molecule has 0 saturated heterocycles. The van der Waals surface area contributed by atoms with Gasteiger partial charge in [0.1, 0.15) is 19.0 Å². The molecule has 1 aliphatic rings. The van der Waals surface area contributed by atoms with Gasteiger partial charge in [-0.05, 0) is 56.4 Å². The zero-order valence-electron chi connectivity index (χ0n) is 13.6. The smallest absolute Gasteiger partial charge is 0.250 e. The van der Waals surface area contributed by atoms with Gasteiger partial charge < -0.3 is 15.4 Å². The van der Waals surface area contributed by atoms with E-state index in [9.17, 15) is 14.0 Å². The number of amides is 2. The number of nitrogens with one attached hydrogen (secondary N) is 2. The van der Waals surface area contributed by atoms with Crippen LogP contribution in [0.5, 0.6) is 0 Å². The van der Waals surface area contributed by atoms with E-state index in [1.54, 1.807) is 0 Å². The van der Waals surface area contributed by atoms with Crippen molar-refractivity contribution >= 4 is 17.5 Å². The fraction of sp³-hybridized carbons (Fsp3) is 0.444. The molecular formula is C18H23FN2O3. The largest absolute Gasteiger partial charge is 0.362 e. The van der Waals surface area contributed by atoms with Crippen molar-refractivity contribution in [2.24, 2.45) is 0 Å². The van der Waals surface area contributed by atoms with Crippen molar-refractivity contribution < 1.29 is 18.7 Å². The molecule has 0 bridgehead atoms. The highest BCUT2D eigenvalue weighted by atomic mass is 19.1. The second-order valence-corrected chi connectivity index (χ2v) is 5.76. The molecule has 0 atom stereocenters. The maximum Gasteiger partial charge on any atom is 0.250 e. The number of benzene rings is 1. The van der Waals surface area contributed by atoms with Crippen molar-refractivity contribution in [2.75, 3.05) is 25.1 Å². The van der Waals surface area contributed by atoms with Crippen molar-refractivity contribution in [3.63, 3.8) is 0 Å². The van der Waals surface area contributed by atoms with Gasteiger partial charge >= 0.3 is 0 Å². The van der Waals surface area contributed by atoms with Gasteiger partial charge in [-0.2, -0.15) is 0 Å². The Bertz CT molecular complexity index is 584. The van der Waals surface area contributed by atoms with Crippen LogP contribution in [0.25, 0.3) is 0 Å². The van der Waals surface area contributed by atoms with Gasteiger partial charge in [-0.25, -0.2) is 4.39 Å². The van der Waals surface area contributed by atoms with E-state index in [-0.39, 0.29) is 30.8 Å². The Morgan fingerprint density at radius 3 is 2.54 bits per heavy atom. The summed E-state index contributed by atoms with van der Waals surface area (Å²) in [4.78, 5) is 23.3. The van der Waals surface area contributed by atoms with Crippen molar-refractivity contribution in [1.82, 2.24) is 5.32 Å². The maximum absolute atomic E-state index is 12.8. The van der Waals surface area contributed by atoms with Gasteiger partial charge in [-0.3, -0.25) is 9.59 Å². The summed E-state index contributed by atoms with van der Waals surface area (Å²) in [5.41, 5.74) is 1.89. The molecule has 2 amide bonds. The van der Waals surface area contributed by atoms with Crippen molar-refractivity contribution in [3.8, 4) is 0 Å². The minimum Gasteiger partial charge on any atom is -0.362 e. The summed E-state index contributed by atoms with van der Waals surface area (Å²) in [5, 5.41) is 5.34. The average molecular weight is 334 g/mol. The molecule has 24 heavy (non-hydrogen) atoms.